The van der Waals surface area contributed by atoms with Crippen LogP contribution in [-0.2, 0) is 0 Å². The molecule has 8 heteroatoms. The van der Waals surface area contributed by atoms with Gasteiger partial charge >= 0.3 is 0 Å². The Morgan fingerprint density at radius 2 is 1.97 bits per heavy atom. The molecular weight excluding hydrogens is 409 g/mol. The summed E-state index contributed by atoms with van der Waals surface area (Å²) in [6, 6.07) is 9.41. The molecule has 2 N–H and O–H groups in total. The van der Waals surface area contributed by atoms with E-state index in [1.54, 1.807) is 13.4 Å². The van der Waals surface area contributed by atoms with Crippen LogP contribution in [0.4, 0.5) is 5.82 Å². The molecule has 0 aliphatic carbocycles. The van der Waals surface area contributed by atoms with Crippen LogP contribution in [0.2, 0.25) is 10.0 Å². The molecule has 0 saturated heterocycles. The van der Waals surface area contributed by atoms with E-state index in [0.717, 1.165) is 28.0 Å². The van der Waals surface area contributed by atoms with E-state index >= 15 is 0 Å². The molecule has 1 unspecified atom stereocenters. The van der Waals surface area contributed by atoms with Gasteiger partial charge in [0.2, 0.25) is 0 Å². The van der Waals surface area contributed by atoms with Crippen molar-refractivity contribution in [3.05, 3.63) is 64.2 Å². The van der Waals surface area contributed by atoms with Gasteiger partial charge in [0.05, 0.1) is 19.5 Å². The van der Waals surface area contributed by atoms with Crippen LogP contribution in [0.1, 0.15) is 24.1 Å². The van der Waals surface area contributed by atoms with Gasteiger partial charge in [-0.1, -0.05) is 35.3 Å². The van der Waals surface area contributed by atoms with Crippen molar-refractivity contribution in [2.75, 3.05) is 12.4 Å². The number of benzene rings is 2. The SMILES string of the molecule is COc1c(C(C)Nc2ncnc3[nH]cnc23)cc(Cl)c(C)c1-c1cccc(Cl)c1. The predicted octanol–water partition coefficient (Wildman–Crippen LogP) is 5.82. The Bertz CT molecular complexity index is 1190. The van der Waals surface area contributed by atoms with Crippen molar-refractivity contribution < 1.29 is 4.74 Å². The number of rotatable bonds is 5. The summed E-state index contributed by atoms with van der Waals surface area (Å²) < 4.78 is 5.84. The molecule has 4 rings (SSSR count). The van der Waals surface area contributed by atoms with Crippen molar-refractivity contribution in [3.8, 4) is 16.9 Å². The molecule has 29 heavy (non-hydrogen) atoms. The van der Waals surface area contributed by atoms with Crippen LogP contribution in [0, 0.1) is 6.92 Å². The van der Waals surface area contributed by atoms with Crippen LogP contribution in [0.25, 0.3) is 22.3 Å². The Balaban J connectivity index is 1.82. The predicted molar refractivity (Wildman–Crippen MR) is 117 cm³/mol. The second kappa shape index (κ2) is 7.89. The standard InChI is InChI=1S/C21H19Cl2N5O/c1-11-16(23)8-15(19(29-3)17(11)13-5-4-6-14(22)7-13)12(2)28-21-18-20(25-9-24-18)26-10-27-21/h4-10,12H,1-3H3,(H2,24,25,26,27,28). The molecule has 1 atom stereocenters. The van der Waals surface area contributed by atoms with Crippen LogP contribution >= 0.6 is 23.2 Å². The topological polar surface area (TPSA) is 75.7 Å². The van der Waals surface area contributed by atoms with Crippen LogP contribution < -0.4 is 10.1 Å². The largest absolute Gasteiger partial charge is 0.496 e. The molecular formula is C21H19Cl2N5O. The van der Waals surface area contributed by atoms with Crippen molar-refractivity contribution in [2.45, 2.75) is 19.9 Å². The smallest absolute Gasteiger partial charge is 0.162 e. The number of imidazole rings is 1. The number of aromatic amines is 1. The van der Waals surface area contributed by atoms with Crippen LogP contribution in [0.15, 0.2) is 43.0 Å². The number of fused-ring (bicyclic) bond motifs is 1. The highest BCUT2D eigenvalue weighted by atomic mass is 35.5. The number of hydrogen-bond donors (Lipinski definition) is 2. The van der Waals surface area contributed by atoms with Crippen LogP contribution in [-0.4, -0.2) is 27.0 Å². The fourth-order valence-electron chi connectivity index (χ4n) is 3.43. The maximum absolute atomic E-state index is 6.60. The summed E-state index contributed by atoms with van der Waals surface area (Å²) in [6.45, 7) is 3.99. The Morgan fingerprint density at radius 3 is 2.72 bits per heavy atom. The molecule has 6 nitrogen and oxygen atoms in total. The van der Waals surface area contributed by atoms with Gasteiger partial charge in [-0.15, -0.1) is 0 Å². The molecule has 2 aromatic carbocycles. The van der Waals surface area contributed by atoms with Crippen LogP contribution in [0.5, 0.6) is 5.75 Å². The summed E-state index contributed by atoms with van der Waals surface area (Å²) >= 11 is 12.8. The van der Waals surface area contributed by atoms with E-state index in [0.29, 0.717) is 27.0 Å². The molecule has 0 spiro atoms. The molecule has 0 saturated carbocycles. The molecule has 2 aromatic heterocycles. The first-order valence-corrected chi connectivity index (χ1v) is 9.78. The quantitative estimate of drug-likeness (QED) is 0.419. The van der Waals surface area contributed by atoms with Crippen LogP contribution in [0.3, 0.4) is 0 Å². The lowest BCUT2D eigenvalue weighted by Gasteiger charge is -2.23. The van der Waals surface area contributed by atoms with E-state index < -0.39 is 0 Å². The van der Waals surface area contributed by atoms with Crippen molar-refractivity contribution in [2.24, 2.45) is 0 Å². The van der Waals surface area contributed by atoms with E-state index in [4.69, 9.17) is 27.9 Å². The summed E-state index contributed by atoms with van der Waals surface area (Å²) in [5, 5.41) is 4.70. The lowest BCUT2D eigenvalue weighted by atomic mass is 9.94. The monoisotopic (exact) mass is 427 g/mol. The third-order valence-electron chi connectivity index (χ3n) is 4.86. The summed E-state index contributed by atoms with van der Waals surface area (Å²) in [6.07, 6.45) is 3.09. The third-order valence-corrected chi connectivity index (χ3v) is 5.49. The first-order valence-electron chi connectivity index (χ1n) is 9.03. The highest BCUT2D eigenvalue weighted by Gasteiger charge is 2.22. The van der Waals surface area contributed by atoms with Crippen molar-refractivity contribution in [3.63, 3.8) is 0 Å². The fraction of sp³-hybridized carbons (Fsp3) is 0.190. The highest BCUT2D eigenvalue weighted by Crippen LogP contribution is 2.43. The minimum Gasteiger partial charge on any atom is -0.496 e. The Hall–Kier alpha value is -2.83. The Labute approximate surface area is 178 Å². The number of halogens is 2. The lowest BCUT2D eigenvalue weighted by Crippen LogP contribution is -2.11. The van der Waals surface area contributed by atoms with E-state index in [-0.39, 0.29) is 6.04 Å². The van der Waals surface area contributed by atoms with Gasteiger partial charge in [0, 0.05) is 21.2 Å². The summed E-state index contributed by atoms with van der Waals surface area (Å²) in [4.78, 5) is 15.8. The molecule has 2 heterocycles. The number of nitrogens with one attached hydrogen (secondary N) is 2. The van der Waals surface area contributed by atoms with Gasteiger partial charge in [0.25, 0.3) is 0 Å². The molecule has 0 amide bonds. The maximum Gasteiger partial charge on any atom is 0.162 e. The van der Waals surface area contributed by atoms with Gasteiger partial charge in [-0.3, -0.25) is 0 Å². The Kier molecular flexibility index (Phi) is 5.30. The summed E-state index contributed by atoms with van der Waals surface area (Å²) in [7, 11) is 1.66. The summed E-state index contributed by atoms with van der Waals surface area (Å²) in [5.41, 5.74) is 5.03. The number of H-pyrrole nitrogens is 1. The average Bonchev–Trinajstić information content (AvgIpc) is 3.19. The van der Waals surface area contributed by atoms with Gasteiger partial charge < -0.3 is 15.0 Å². The molecule has 0 aliphatic rings. The Morgan fingerprint density at radius 1 is 1.14 bits per heavy atom. The number of aromatic nitrogens is 4. The van der Waals surface area contributed by atoms with Gasteiger partial charge in [-0.25, -0.2) is 15.0 Å². The molecule has 0 radical (unpaired) electrons. The third kappa shape index (κ3) is 3.61. The first-order chi connectivity index (χ1) is 14.0. The molecule has 148 valence electrons. The molecule has 0 bridgehead atoms. The van der Waals surface area contributed by atoms with Crippen molar-refractivity contribution in [1.29, 1.82) is 0 Å². The minimum absolute atomic E-state index is 0.157. The normalized spacial score (nSPS) is 12.2. The second-order valence-corrected chi connectivity index (χ2v) is 7.52. The van der Waals surface area contributed by atoms with E-state index in [2.05, 4.69) is 25.3 Å². The lowest BCUT2D eigenvalue weighted by molar-refractivity contribution is 0.409. The average molecular weight is 428 g/mol. The zero-order chi connectivity index (χ0) is 20.5. The number of hydrogen-bond acceptors (Lipinski definition) is 5. The van der Waals surface area contributed by atoms with Gasteiger partial charge in [0.1, 0.15) is 17.6 Å². The van der Waals surface area contributed by atoms with Gasteiger partial charge in [-0.2, -0.15) is 0 Å². The van der Waals surface area contributed by atoms with Gasteiger partial charge in [-0.05, 0) is 43.2 Å². The molecule has 0 aliphatic heterocycles. The van der Waals surface area contributed by atoms with E-state index in [1.165, 1.54) is 6.33 Å². The van der Waals surface area contributed by atoms with Crippen molar-refractivity contribution >= 4 is 40.2 Å². The first kappa shape index (κ1) is 19.5. The van der Waals surface area contributed by atoms with E-state index in [9.17, 15) is 0 Å². The maximum atomic E-state index is 6.60. The second-order valence-electron chi connectivity index (χ2n) is 6.68. The summed E-state index contributed by atoms with van der Waals surface area (Å²) in [5.74, 6) is 1.37. The fourth-order valence-corrected chi connectivity index (χ4v) is 3.83. The zero-order valence-electron chi connectivity index (χ0n) is 16.1. The number of ether oxygens (including phenoxy) is 1. The number of methoxy groups -OCH3 is 1. The highest BCUT2D eigenvalue weighted by molar-refractivity contribution is 6.32. The number of anilines is 1. The van der Waals surface area contributed by atoms with E-state index in [1.807, 2.05) is 44.2 Å². The van der Waals surface area contributed by atoms with Gasteiger partial charge in [0.15, 0.2) is 11.5 Å². The molecule has 4 aromatic rings. The minimum atomic E-state index is -0.157. The van der Waals surface area contributed by atoms with Crippen molar-refractivity contribution in [1.82, 2.24) is 19.9 Å². The zero-order valence-corrected chi connectivity index (χ0v) is 17.6. The number of nitrogens with zero attached hydrogens (tertiary/aromatic N) is 3. The molecule has 0 fully saturated rings.